The molecule has 1 N–H and O–H groups in total. The molecule has 1 aromatic carbocycles. The van der Waals surface area contributed by atoms with Crippen LogP contribution in [0.25, 0.3) is 0 Å². The molecule has 1 atom stereocenters. The molecule has 1 unspecified atom stereocenters. The highest BCUT2D eigenvalue weighted by Crippen LogP contribution is 2.40. The Balaban J connectivity index is 1.65. The number of ketones is 1. The molecule has 0 bridgehead atoms. The second-order valence-electron chi connectivity index (χ2n) is 8.33. The Morgan fingerprint density at radius 2 is 2.06 bits per heavy atom. The highest BCUT2D eigenvalue weighted by Gasteiger charge is 2.44. The molecule has 0 spiro atoms. The number of aryl methyl sites for hydroxylation is 2. The number of furan rings is 1. The van der Waals surface area contributed by atoms with Crippen molar-refractivity contribution in [2.24, 2.45) is 0 Å². The third-order valence-electron chi connectivity index (χ3n) is 5.83. The van der Waals surface area contributed by atoms with Crippen LogP contribution in [0.1, 0.15) is 54.1 Å². The lowest BCUT2D eigenvalue weighted by Crippen LogP contribution is -2.32. The van der Waals surface area contributed by atoms with E-state index in [2.05, 4.69) is 11.9 Å². The van der Waals surface area contributed by atoms with Gasteiger partial charge in [0.1, 0.15) is 11.5 Å². The van der Waals surface area contributed by atoms with E-state index in [-0.39, 0.29) is 11.3 Å². The third kappa shape index (κ3) is 4.90. The van der Waals surface area contributed by atoms with Crippen LogP contribution in [0.3, 0.4) is 0 Å². The summed E-state index contributed by atoms with van der Waals surface area (Å²) in [5.74, 6) is -0.286. The van der Waals surface area contributed by atoms with Gasteiger partial charge in [0.15, 0.2) is 11.5 Å². The lowest BCUT2D eigenvalue weighted by Gasteiger charge is -2.27. The number of amides is 1. The number of Topliss-reactive ketones (excluding diaryl/α,β-unsaturated/α-hetero) is 1. The standard InChI is InChI=1S/C26H29N3O5/c1-3-4-15-33-20-8-5-7-19(16-20)23-22(24(30)21-10-9-18(2)34-21)25(31)26(32)29(23)13-6-12-28-14-11-27-17-28/h5,7-11,14,16-17,23,31H,3-4,6,12-13,15H2,1-2H3. The number of unbranched alkanes of at least 4 members (excludes halogenated alkanes) is 1. The molecule has 4 rings (SSSR count). The number of benzene rings is 1. The Labute approximate surface area is 198 Å². The fraction of sp³-hybridized carbons (Fsp3) is 0.346. The second kappa shape index (κ2) is 10.4. The van der Waals surface area contributed by atoms with Crippen molar-refractivity contribution >= 4 is 11.7 Å². The number of nitrogens with zero attached hydrogens (tertiary/aromatic N) is 3. The summed E-state index contributed by atoms with van der Waals surface area (Å²) in [6.45, 7) is 5.41. The van der Waals surface area contributed by atoms with Crippen molar-refractivity contribution in [1.29, 1.82) is 0 Å². The Hall–Kier alpha value is -3.81. The maximum Gasteiger partial charge on any atom is 0.290 e. The number of ether oxygens (including phenoxy) is 1. The van der Waals surface area contributed by atoms with E-state index in [0.29, 0.717) is 43.2 Å². The van der Waals surface area contributed by atoms with Crippen LogP contribution in [0.5, 0.6) is 5.75 Å². The molecule has 0 fully saturated rings. The number of aliphatic hydroxyl groups excluding tert-OH is 1. The summed E-state index contributed by atoms with van der Waals surface area (Å²) in [6, 6.07) is 9.85. The van der Waals surface area contributed by atoms with E-state index in [1.165, 1.54) is 0 Å². The molecule has 8 nitrogen and oxygen atoms in total. The molecule has 0 aliphatic carbocycles. The van der Waals surface area contributed by atoms with Gasteiger partial charge in [-0.05, 0) is 49.6 Å². The second-order valence-corrected chi connectivity index (χ2v) is 8.33. The van der Waals surface area contributed by atoms with Gasteiger partial charge in [0.25, 0.3) is 5.91 Å². The van der Waals surface area contributed by atoms with Crippen LogP contribution in [0.4, 0.5) is 0 Å². The number of aromatic nitrogens is 2. The summed E-state index contributed by atoms with van der Waals surface area (Å²) < 4.78 is 13.3. The van der Waals surface area contributed by atoms with E-state index in [1.54, 1.807) is 36.5 Å². The van der Waals surface area contributed by atoms with Crippen molar-refractivity contribution in [3.05, 3.63) is 83.5 Å². The molecule has 8 heteroatoms. The van der Waals surface area contributed by atoms with Gasteiger partial charge in [-0.25, -0.2) is 4.98 Å². The monoisotopic (exact) mass is 463 g/mol. The van der Waals surface area contributed by atoms with Crippen molar-refractivity contribution in [1.82, 2.24) is 14.5 Å². The van der Waals surface area contributed by atoms with Crippen LogP contribution in [0.15, 0.2) is 70.9 Å². The number of aliphatic hydroxyl groups is 1. The predicted molar refractivity (Wildman–Crippen MR) is 126 cm³/mol. The molecule has 1 aliphatic rings. The summed E-state index contributed by atoms with van der Waals surface area (Å²) in [5.41, 5.74) is 0.716. The lowest BCUT2D eigenvalue weighted by atomic mass is 9.95. The van der Waals surface area contributed by atoms with Crippen molar-refractivity contribution in [3.8, 4) is 5.75 Å². The summed E-state index contributed by atoms with van der Waals surface area (Å²) in [7, 11) is 0. The molecule has 34 heavy (non-hydrogen) atoms. The minimum absolute atomic E-state index is 0.0210. The molecule has 2 aromatic heterocycles. The zero-order chi connectivity index (χ0) is 24.1. The van der Waals surface area contributed by atoms with Crippen LogP contribution < -0.4 is 4.74 Å². The molecular weight excluding hydrogens is 434 g/mol. The first kappa shape index (κ1) is 23.4. The normalized spacial score (nSPS) is 15.9. The Morgan fingerprint density at radius 1 is 1.21 bits per heavy atom. The maximum absolute atomic E-state index is 13.4. The maximum atomic E-state index is 13.4. The smallest absolute Gasteiger partial charge is 0.290 e. The molecule has 3 aromatic rings. The quantitative estimate of drug-likeness (QED) is 0.329. The van der Waals surface area contributed by atoms with Gasteiger partial charge in [0.2, 0.25) is 5.78 Å². The van der Waals surface area contributed by atoms with Gasteiger partial charge in [-0.2, -0.15) is 0 Å². The van der Waals surface area contributed by atoms with E-state index in [1.807, 2.05) is 35.0 Å². The first-order chi connectivity index (χ1) is 16.5. The van der Waals surface area contributed by atoms with Crippen LogP contribution in [0.2, 0.25) is 0 Å². The molecule has 0 saturated heterocycles. The summed E-state index contributed by atoms with van der Waals surface area (Å²) in [4.78, 5) is 32.1. The molecule has 3 heterocycles. The topological polar surface area (TPSA) is 97.8 Å². The first-order valence-electron chi connectivity index (χ1n) is 11.5. The minimum Gasteiger partial charge on any atom is -0.503 e. The molecule has 0 radical (unpaired) electrons. The van der Waals surface area contributed by atoms with Crippen LogP contribution in [-0.2, 0) is 11.3 Å². The highest BCUT2D eigenvalue weighted by molar-refractivity contribution is 6.15. The van der Waals surface area contributed by atoms with Gasteiger partial charge in [-0.3, -0.25) is 9.59 Å². The van der Waals surface area contributed by atoms with Gasteiger partial charge in [0.05, 0.1) is 24.5 Å². The van der Waals surface area contributed by atoms with E-state index < -0.39 is 23.5 Å². The molecule has 178 valence electrons. The zero-order valence-electron chi connectivity index (χ0n) is 19.4. The van der Waals surface area contributed by atoms with Gasteiger partial charge >= 0.3 is 0 Å². The number of carbonyl (C=O) groups excluding carboxylic acids is 2. The van der Waals surface area contributed by atoms with E-state index >= 15 is 0 Å². The minimum atomic E-state index is -0.747. The van der Waals surface area contributed by atoms with Crippen molar-refractivity contribution in [3.63, 3.8) is 0 Å². The molecular formula is C26H29N3O5. The predicted octanol–water partition coefficient (Wildman–Crippen LogP) is 4.63. The fourth-order valence-corrected chi connectivity index (χ4v) is 4.10. The Bertz CT molecular complexity index is 1180. The largest absolute Gasteiger partial charge is 0.503 e. The number of hydrogen-bond donors (Lipinski definition) is 1. The van der Waals surface area contributed by atoms with Gasteiger partial charge in [-0.15, -0.1) is 0 Å². The average molecular weight is 464 g/mol. The van der Waals surface area contributed by atoms with Crippen molar-refractivity contribution in [2.75, 3.05) is 13.2 Å². The van der Waals surface area contributed by atoms with Crippen LogP contribution >= 0.6 is 0 Å². The van der Waals surface area contributed by atoms with Gasteiger partial charge in [-0.1, -0.05) is 25.5 Å². The van der Waals surface area contributed by atoms with E-state index in [0.717, 1.165) is 12.8 Å². The van der Waals surface area contributed by atoms with Crippen molar-refractivity contribution < 1.29 is 23.8 Å². The Morgan fingerprint density at radius 3 is 2.76 bits per heavy atom. The van der Waals surface area contributed by atoms with E-state index in [4.69, 9.17) is 9.15 Å². The van der Waals surface area contributed by atoms with Crippen LogP contribution in [-0.4, -0.2) is 44.4 Å². The number of rotatable bonds is 11. The average Bonchev–Trinajstić information content (AvgIpc) is 3.56. The number of hydrogen-bond acceptors (Lipinski definition) is 6. The van der Waals surface area contributed by atoms with E-state index in [9.17, 15) is 14.7 Å². The molecule has 0 saturated carbocycles. The van der Waals surface area contributed by atoms with Crippen LogP contribution in [0, 0.1) is 6.92 Å². The summed E-state index contributed by atoms with van der Waals surface area (Å²) in [5, 5.41) is 10.8. The summed E-state index contributed by atoms with van der Waals surface area (Å²) >= 11 is 0. The number of imidazole rings is 1. The SMILES string of the molecule is CCCCOc1cccc(C2C(C(=O)c3ccc(C)o3)=C(O)C(=O)N2CCCn2ccnc2)c1. The third-order valence-corrected chi connectivity index (χ3v) is 5.83. The highest BCUT2D eigenvalue weighted by atomic mass is 16.5. The number of carbonyl (C=O) groups is 2. The summed E-state index contributed by atoms with van der Waals surface area (Å²) in [6.07, 6.45) is 7.83. The molecule has 1 aliphatic heterocycles. The lowest BCUT2D eigenvalue weighted by molar-refractivity contribution is -0.129. The van der Waals surface area contributed by atoms with Gasteiger partial charge in [0, 0.05) is 25.5 Å². The fourth-order valence-electron chi connectivity index (χ4n) is 4.10. The zero-order valence-corrected chi connectivity index (χ0v) is 19.4. The van der Waals surface area contributed by atoms with Gasteiger partial charge < -0.3 is 23.7 Å². The van der Waals surface area contributed by atoms with Crippen molar-refractivity contribution in [2.45, 2.75) is 45.7 Å². The Kier molecular flexibility index (Phi) is 7.15. The molecule has 1 amide bonds. The first-order valence-corrected chi connectivity index (χ1v) is 11.5.